The van der Waals surface area contributed by atoms with E-state index < -0.39 is 17.7 Å². The van der Waals surface area contributed by atoms with E-state index in [1.165, 1.54) is 4.90 Å². The molecule has 33 heavy (non-hydrogen) atoms. The number of Topliss-reactive ketones (excluding diaryl/α,β-unsaturated/α-hetero) is 1. The Morgan fingerprint density at radius 3 is 2.00 bits per heavy atom. The third-order valence-corrected chi connectivity index (χ3v) is 5.27. The second-order valence-electron chi connectivity index (χ2n) is 7.87. The van der Waals surface area contributed by atoms with Gasteiger partial charge in [-0.3, -0.25) is 9.59 Å². The monoisotopic (exact) mass is 453 g/mol. The van der Waals surface area contributed by atoms with Crippen molar-refractivity contribution >= 4 is 17.4 Å². The molecule has 0 saturated carbocycles. The number of nitrogens with zero attached hydrogens (tertiary/aromatic N) is 1. The number of ether oxygens (including phenoxy) is 3. The van der Waals surface area contributed by atoms with Crippen LogP contribution in [-0.4, -0.2) is 54.2 Å². The van der Waals surface area contributed by atoms with Crippen LogP contribution in [0.25, 0.3) is 5.76 Å². The zero-order valence-corrected chi connectivity index (χ0v) is 19.5. The maximum absolute atomic E-state index is 13.1. The number of amides is 1. The van der Waals surface area contributed by atoms with E-state index in [1.54, 1.807) is 36.4 Å². The van der Waals surface area contributed by atoms with E-state index in [1.807, 2.05) is 39.8 Å². The minimum atomic E-state index is -0.733. The smallest absolute Gasteiger partial charge is 0.295 e. The summed E-state index contributed by atoms with van der Waals surface area (Å²) in [6.45, 7) is 9.15. The Morgan fingerprint density at radius 1 is 0.939 bits per heavy atom. The molecular formula is C26H31NO6. The Hall–Kier alpha value is -3.32. The third kappa shape index (κ3) is 5.54. The second-order valence-corrected chi connectivity index (χ2v) is 7.87. The minimum absolute atomic E-state index is 0.00500. The van der Waals surface area contributed by atoms with E-state index >= 15 is 0 Å². The van der Waals surface area contributed by atoms with Crippen molar-refractivity contribution in [1.29, 1.82) is 0 Å². The SMILES string of the molecule is CCOc1ccc(/C(O)=C2/C(=O)C(=O)N(CCOC(C)C)C2c2ccc(OCC)cc2)cc1. The summed E-state index contributed by atoms with van der Waals surface area (Å²) in [5, 5.41) is 11.1. The van der Waals surface area contributed by atoms with Crippen molar-refractivity contribution in [3.05, 3.63) is 65.2 Å². The molecule has 0 radical (unpaired) electrons. The zero-order valence-electron chi connectivity index (χ0n) is 19.5. The largest absolute Gasteiger partial charge is 0.507 e. The Labute approximate surface area is 194 Å². The molecule has 1 amide bonds. The normalized spacial score (nSPS) is 17.6. The van der Waals surface area contributed by atoms with E-state index in [4.69, 9.17) is 14.2 Å². The Bertz CT molecular complexity index is 994. The Balaban J connectivity index is 2.03. The molecule has 0 aliphatic carbocycles. The highest BCUT2D eigenvalue weighted by molar-refractivity contribution is 6.46. The van der Waals surface area contributed by atoms with Gasteiger partial charge in [-0.1, -0.05) is 12.1 Å². The van der Waals surface area contributed by atoms with Crippen LogP contribution in [0.5, 0.6) is 11.5 Å². The molecule has 1 aliphatic heterocycles. The molecule has 1 fully saturated rings. The first-order valence-corrected chi connectivity index (χ1v) is 11.2. The number of ketones is 1. The minimum Gasteiger partial charge on any atom is -0.507 e. The Kier molecular flexibility index (Phi) is 8.11. The van der Waals surface area contributed by atoms with E-state index in [9.17, 15) is 14.7 Å². The van der Waals surface area contributed by atoms with Gasteiger partial charge in [0.05, 0.1) is 37.5 Å². The predicted molar refractivity (Wildman–Crippen MR) is 125 cm³/mol. The average molecular weight is 454 g/mol. The molecule has 0 spiro atoms. The van der Waals surface area contributed by atoms with Crippen molar-refractivity contribution in [1.82, 2.24) is 4.90 Å². The maximum Gasteiger partial charge on any atom is 0.295 e. The lowest BCUT2D eigenvalue weighted by atomic mass is 9.95. The summed E-state index contributed by atoms with van der Waals surface area (Å²) in [5.41, 5.74) is 1.19. The van der Waals surface area contributed by atoms with Gasteiger partial charge >= 0.3 is 0 Å². The molecule has 1 saturated heterocycles. The first kappa shape index (κ1) is 24.3. The number of rotatable bonds is 10. The second kappa shape index (κ2) is 11.0. The topological polar surface area (TPSA) is 85.3 Å². The van der Waals surface area contributed by atoms with Gasteiger partial charge in [-0.05, 0) is 69.7 Å². The van der Waals surface area contributed by atoms with Gasteiger partial charge in [0, 0.05) is 12.1 Å². The lowest BCUT2D eigenvalue weighted by Gasteiger charge is -2.25. The fourth-order valence-corrected chi connectivity index (χ4v) is 3.79. The highest BCUT2D eigenvalue weighted by atomic mass is 16.5. The van der Waals surface area contributed by atoms with Crippen LogP contribution in [0.3, 0.4) is 0 Å². The molecule has 1 atom stereocenters. The fourth-order valence-electron chi connectivity index (χ4n) is 3.79. The number of carbonyl (C=O) groups excluding carboxylic acids is 2. The summed E-state index contributed by atoms with van der Waals surface area (Å²) in [6.07, 6.45) is -0.00500. The van der Waals surface area contributed by atoms with Crippen LogP contribution in [0.15, 0.2) is 54.1 Å². The van der Waals surface area contributed by atoms with E-state index in [-0.39, 0.29) is 30.6 Å². The van der Waals surface area contributed by atoms with Gasteiger partial charge in [0.15, 0.2) is 0 Å². The molecule has 0 aromatic heterocycles. The van der Waals surface area contributed by atoms with Crippen LogP contribution in [0, 0.1) is 0 Å². The number of carbonyl (C=O) groups is 2. The number of benzene rings is 2. The molecule has 7 nitrogen and oxygen atoms in total. The van der Waals surface area contributed by atoms with Crippen molar-refractivity contribution in [2.45, 2.75) is 39.8 Å². The highest BCUT2D eigenvalue weighted by Crippen LogP contribution is 2.39. The number of aliphatic hydroxyl groups is 1. The number of hydrogen-bond donors (Lipinski definition) is 1. The Morgan fingerprint density at radius 2 is 1.48 bits per heavy atom. The van der Waals surface area contributed by atoms with Gasteiger partial charge in [0.2, 0.25) is 0 Å². The van der Waals surface area contributed by atoms with Crippen molar-refractivity contribution in [3.8, 4) is 11.5 Å². The molecule has 0 bridgehead atoms. The van der Waals surface area contributed by atoms with Crippen LogP contribution >= 0.6 is 0 Å². The van der Waals surface area contributed by atoms with Crippen molar-refractivity contribution < 1.29 is 28.9 Å². The van der Waals surface area contributed by atoms with Gasteiger partial charge in [-0.25, -0.2) is 0 Å². The zero-order chi connectivity index (χ0) is 24.0. The third-order valence-electron chi connectivity index (χ3n) is 5.27. The molecule has 1 heterocycles. The van der Waals surface area contributed by atoms with Crippen LogP contribution < -0.4 is 9.47 Å². The van der Waals surface area contributed by atoms with Crippen LogP contribution in [0.2, 0.25) is 0 Å². The molecular weight excluding hydrogens is 422 g/mol. The average Bonchev–Trinajstić information content (AvgIpc) is 3.05. The van der Waals surface area contributed by atoms with E-state index in [0.717, 1.165) is 0 Å². The molecule has 1 N–H and O–H groups in total. The summed E-state index contributed by atoms with van der Waals surface area (Å²) in [4.78, 5) is 27.5. The van der Waals surface area contributed by atoms with E-state index in [2.05, 4.69) is 0 Å². The summed E-state index contributed by atoms with van der Waals surface area (Å²) < 4.78 is 16.6. The quantitative estimate of drug-likeness (QED) is 0.327. The van der Waals surface area contributed by atoms with Gasteiger partial charge in [0.1, 0.15) is 17.3 Å². The highest BCUT2D eigenvalue weighted by Gasteiger charge is 2.45. The first-order chi connectivity index (χ1) is 15.9. The lowest BCUT2D eigenvalue weighted by Crippen LogP contribution is -2.33. The molecule has 2 aromatic carbocycles. The number of aliphatic hydroxyl groups excluding tert-OH is 1. The van der Waals surface area contributed by atoms with Crippen LogP contribution in [-0.2, 0) is 14.3 Å². The van der Waals surface area contributed by atoms with Crippen LogP contribution in [0.1, 0.15) is 44.9 Å². The molecule has 3 rings (SSSR count). The van der Waals surface area contributed by atoms with Gasteiger partial charge in [-0.15, -0.1) is 0 Å². The predicted octanol–water partition coefficient (Wildman–Crippen LogP) is 4.33. The fraction of sp³-hybridized carbons (Fsp3) is 0.385. The van der Waals surface area contributed by atoms with Crippen LogP contribution in [0.4, 0.5) is 0 Å². The van der Waals surface area contributed by atoms with Crippen molar-refractivity contribution in [2.24, 2.45) is 0 Å². The first-order valence-electron chi connectivity index (χ1n) is 11.2. The molecule has 2 aromatic rings. The number of hydrogen-bond acceptors (Lipinski definition) is 6. The standard InChI is InChI=1S/C26H31NO6/c1-5-31-20-11-7-18(8-12-20)23-22(24(28)19-9-13-21(14-10-19)32-6-2)25(29)26(30)27(23)15-16-33-17(3)4/h7-14,17,23,28H,5-6,15-16H2,1-4H3/b24-22-. The van der Waals surface area contributed by atoms with Gasteiger partial charge < -0.3 is 24.2 Å². The summed E-state index contributed by atoms with van der Waals surface area (Å²) in [7, 11) is 0. The molecule has 7 heteroatoms. The maximum atomic E-state index is 13.1. The lowest BCUT2D eigenvalue weighted by molar-refractivity contribution is -0.140. The number of likely N-dealkylation sites (tertiary alicyclic amines) is 1. The van der Waals surface area contributed by atoms with Gasteiger partial charge in [-0.2, -0.15) is 0 Å². The molecule has 1 aliphatic rings. The summed E-state index contributed by atoms with van der Waals surface area (Å²) in [6, 6.07) is 13.3. The summed E-state index contributed by atoms with van der Waals surface area (Å²) in [5.74, 6) is -0.252. The molecule has 1 unspecified atom stereocenters. The molecule has 176 valence electrons. The van der Waals surface area contributed by atoms with E-state index in [0.29, 0.717) is 35.8 Å². The summed E-state index contributed by atoms with van der Waals surface area (Å²) >= 11 is 0. The van der Waals surface area contributed by atoms with Crippen molar-refractivity contribution in [2.75, 3.05) is 26.4 Å². The van der Waals surface area contributed by atoms with Gasteiger partial charge in [0.25, 0.3) is 11.7 Å². The van der Waals surface area contributed by atoms with Crippen molar-refractivity contribution in [3.63, 3.8) is 0 Å².